The van der Waals surface area contributed by atoms with Crippen molar-refractivity contribution >= 4 is 45.4 Å². The molecule has 29 heavy (non-hydrogen) atoms. The van der Waals surface area contributed by atoms with Crippen molar-refractivity contribution in [2.45, 2.75) is 5.75 Å². The van der Waals surface area contributed by atoms with Gasteiger partial charge in [-0.15, -0.1) is 0 Å². The molecule has 4 rings (SSSR count). The second-order valence-electron chi connectivity index (χ2n) is 6.75. The lowest BCUT2D eigenvalue weighted by Gasteiger charge is -2.17. The van der Waals surface area contributed by atoms with E-state index in [9.17, 15) is 9.00 Å². The molecule has 0 fully saturated rings. The van der Waals surface area contributed by atoms with E-state index in [0.717, 1.165) is 28.0 Å². The number of amides is 1. The first-order valence-electron chi connectivity index (χ1n) is 9.05. The summed E-state index contributed by atoms with van der Waals surface area (Å²) in [5, 5.41) is 0.575. The smallest absolute Gasteiger partial charge is 0.259 e. The quantitative estimate of drug-likeness (QED) is 0.586. The molecule has 1 aliphatic rings. The van der Waals surface area contributed by atoms with Gasteiger partial charge in [0.25, 0.3) is 5.91 Å². The zero-order valence-corrected chi connectivity index (χ0v) is 17.0. The highest BCUT2D eigenvalue weighted by atomic mass is 35.5. The van der Waals surface area contributed by atoms with Crippen LogP contribution in [-0.2, 0) is 21.6 Å². The molecule has 0 radical (unpaired) electrons. The second-order valence-corrected chi connectivity index (χ2v) is 8.12. The summed E-state index contributed by atoms with van der Waals surface area (Å²) >= 11 is 4.25. The lowest BCUT2D eigenvalue weighted by molar-refractivity contribution is -0.112. The lowest BCUT2D eigenvalue weighted by Crippen LogP contribution is -2.26. The average Bonchev–Trinajstić information content (AvgIpc) is 3.06. The summed E-state index contributed by atoms with van der Waals surface area (Å²) in [6.07, 6.45) is 0. The van der Waals surface area contributed by atoms with Crippen LogP contribution in [0.4, 0.5) is 5.69 Å². The minimum Gasteiger partial charge on any atom is -0.306 e. The maximum absolute atomic E-state index is 13.4. The van der Waals surface area contributed by atoms with Crippen molar-refractivity contribution in [3.05, 3.63) is 101 Å². The summed E-state index contributed by atoms with van der Waals surface area (Å²) in [7, 11) is 0. The first kappa shape index (κ1) is 19.6. The van der Waals surface area contributed by atoms with Gasteiger partial charge in [0, 0.05) is 10.7 Å². The van der Waals surface area contributed by atoms with Gasteiger partial charge in [-0.3, -0.25) is 4.79 Å². The second kappa shape index (κ2) is 8.33. The Morgan fingerprint density at radius 2 is 1.66 bits per heavy atom. The van der Waals surface area contributed by atoms with Gasteiger partial charge in [0.05, 0.1) is 17.9 Å². The molecule has 6 heteroatoms. The molecule has 0 saturated carbocycles. The standard InChI is InChI=1S/C23H18ClNO3S/c24-19-7-4-8-20(13-19)25-14-21(17-11-9-16(10-12-17)15-29(27)28)22(23(25)26)18-5-2-1-3-6-18/h1-13H,14-15H2,(H,27,28). The van der Waals surface area contributed by atoms with Gasteiger partial charge >= 0.3 is 0 Å². The first-order valence-corrected chi connectivity index (χ1v) is 10.7. The van der Waals surface area contributed by atoms with E-state index < -0.39 is 11.1 Å². The molecule has 1 N–H and O–H groups in total. The largest absolute Gasteiger partial charge is 0.306 e. The van der Waals surface area contributed by atoms with E-state index in [1.807, 2.05) is 66.7 Å². The highest BCUT2D eigenvalue weighted by molar-refractivity contribution is 7.78. The lowest BCUT2D eigenvalue weighted by atomic mass is 9.96. The molecule has 1 amide bonds. The SMILES string of the molecule is O=C1C(c2ccccc2)=C(c2ccc(CS(=O)O)cc2)CN1c1cccc(Cl)c1. The number of rotatable bonds is 5. The summed E-state index contributed by atoms with van der Waals surface area (Å²) < 4.78 is 20.2. The molecule has 3 aromatic carbocycles. The minimum atomic E-state index is -1.89. The van der Waals surface area contributed by atoms with Crippen molar-refractivity contribution in [2.24, 2.45) is 0 Å². The van der Waals surface area contributed by atoms with E-state index in [0.29, 0.717) is 17.1 Å². The predicted octanol–water partition coefficient (Wildman–Crippen LogP) is 5.02. The fourth-order valence-corrected chi connectivity index (χ4v) is 4.17. The van der Waals surface area contributed by atoms with Gasteiger partial charge in [-0.1, -0.05) is 72.3 Å². The number of carbonyl (C=O) groups excluding carboxylic acids is 1. The summed E-state index contributed by atoms with van der Waals surface area (Å²) in [6.45, 7) is 0.425. The van der Waals surface area contributed by atoms with Gasteiger partial charge in [-0.25, -0.2) is 4.21 Å². The molecule has 1 unspecified atom stereocenters. The third kappa shape index (κ3) is 4.17. The van der Waals surface area contributed by atoms with Crippen LogP contribution in [0.5, 0.6) is 0 Å². The van der Waals surface area contributed by atoms with Gasteiger partial charge in [0.1, 0.15) is 0 Å². The number of hydrogen-bond acceptors (Lipinski definition) is 2. The number of halogens is 1. The summed E-state index contributed by atoms with van der Waals surface area (Å²) in [5.74, 6) is 0.00679. The van der Waals surface area contributed by atoms with Crippen LogP contribution in [0.1, 0.15) is 16.7 Å². The number of anilines is 1. The number of nitrogens with zero attached hydrogens (tertiary/aromatic N) is 1. The Bertz CT molecular complexity index is 1110. The zero-order valence-electron chi connectivity index (χ0n) is 15.4. The highest BCUT2D eigenvalue weighted by Crippen LogP contribution is 2.37. The summed E-state index contributed by atoms with van der Waals surface area (Å²) in [5.41, 5.74) is 4.86. The van der Waals surface area contributed by atoms with Crippen LogP contribution in [0.15, 0.2) is 78.9 Å². The Morgan fingerprint density at radius 3 is 2.31 bits per heavy atom. The maximum atomic E-state index is 13.4. The first-order chi connectivity index (χ1) is 14.0. The Labute approximate surface area is 176 Å². The van der Waals surface area contributed by atoms with Crippen molar-refractivity contribution in [1.82, 2.24) is 0 Å². The monoisotopic (exact) mass is 423 g/mol. The van der Waals surface area contributed by atoms with E-state index in [4.69, 9.17) is 16.2 Å². The Balaban J connectivity index is 1.77. The van der Waals surface area contributed by atoms with Crippen LogP contribution in [0.3, 0.4) is 0 Å². The van der Waals surface area contributed by atoms with E-state index in [1.54, 1.807) is 17.0 Å². The van der Waals surface area contributed by atoms with E-state index in [2.05, 4.69) is 0 Å². The fourth-order valence-electron chi connectivity index (χ4n) is 3.51. The third-order valence-corrected chi connectivity index (χ3v) is 5.67. The number of benzene rings is 3. The van der Waals surface area contributed by atoms with Crippen LogP contribution < -0.4 is 4.90 Å². The fraction of sp³-hybridized carbons (Fsp3) is 0.0870. The minimum absolute atomic E-state index is 0.0750. The molecule has 0 bridgehead atoms. The van der Waals surface area contributed by atoms with Crippen LogP contribution in [0.2, 0.25) is 5.02 Å². The van der Waals surface area contributed by atoms with Gasteiger partial charge in [0.2, 0.25) is 0 Å². The van der Waals surface area contributed by atoms with Crippen LogP contribution in [0, 0.1) is 0 Å². The van der Waals surface area contributed by atoms with Gasteiger partial charge < -0.3 is 9.45 Å². The van der Waals surface area contributed by atoms with Gasteiger partial charge in [-0.2, -0.15) is 0 Å². The summed E-state index contributed by atoms with van der Waals surface area (Å²) in [6, 6.07) is 24.3. The number of hydrogen-bond donors (Lipinski definition) is 1. The van der Waals surface area contributed by atoms with Crippen molar-refractivity contribution in [3.8, 4) is 0 Å². The Hall–Kier alpha value is -2.73. The molecule has 1 atom stereocenters. The van der Waals surface area contributed by atoms with Gasteiger partial charge in [0.15, 0.2) is 11.1 Å². The van der Waals surface area contributed by atoms with Gasteiger partial charge in [-0.05, 0) is 40.5 Å². The molecule has 3 aromatic rings. The summed E-state index contributed by atoms with van der Waals surface area (Å²) in [4.78, 5) is 15.1. The molecule has 4 nitrogen and oxygen atoms in total. The molecular weight excluding hydrogens is 406 g/mol. The molecule has 1 heterocycles. The molecule has 0 spiro atoms. The molecule has 146 valence electrons. The van der Waals surface area contributed by atoms with E-state index >= 15 is 0 Å². The van der Waals surface area contributed by atoms with Crippen molar-refractivity contribution in [3.63, 3.8) is 0 Å². The zero-order chi connectivity index (χ0) is 20.4. The molecular formula is C23H18ClNO3S. The van der Waals surface area contributed by atoms with Crippen LogP contribution in [0.25, 0.3) is 11.1 Å². The van der Waals surface area contributed by atoms with E-state index in [1.165, 1.54) is 0 Å². The molecule has 0 aromatic heterocycles. The van der Waals surface area contributed by atoms with Crippen LogP contribution >= 0.6 is 11.6 Å². The van der Waals surface area contributed by atoms with Crippen molar-refractivity contribution < 1.29 is 13.6 Å². The average molecular weight is 424 g/mol. The van der Waals surface area contributed by atoms with Crippen molar-refractivity contribution in [2.75, 3.05) is 11.4 Å². The maximum Gasteiger partial charge on any atom is 0.259 e. The third-order valence-electron chi connectivity index (χ3n) is 4.85. The Kier molecular flexibility index (Phi) is 5.62. The Morgan fingerprint density at radius 1 is 0.931 bits per heavy atom. The molecule has 1 aliphatic heterocycles. The van der Waals surface area contributed by atoms with Crippen molar-refractivity contribution in [1.29, 1.82) is 0 Å². The molecule has 0 saturated heterocycles. The molecule has 0 aliphatic carbocycles. The van der Waals surface area contributed by atoms with Crippen LogP contribution in [-0.4, -0.2) is 21.2 Å². The van der Waals surface area contributed by atoms with E-state index in [-0.39, 0.29) is 11.7 Å². The highest BCUT2D eigenvalue weighted by Gasteiger charge is 2.32. The normalized spacial score (nSPS) is 15.1. The predicted molar refractivity (Wildman–Crippen MR) is 118 cm³/mol. The topological polar surface area (TPSA) is 57.6 Å². The number of carbonyl (C=O) groups is 1.